The second-order valence-electron chi connectivity index (χ2n) is 4.34. The van der Waals surface area contributed by atoms with E-state index in [0.717, 1.165) is 5.92 Å². The number of likely N-dealkylation sites (tertiary alicyclic amines) is 1. The van der Waals surface area contributed by atoms with Crippen LogP contribution in [0.1, 0.15) is 32.6 Å². The summed E-state index contributed by atoms with van der Waals surface area (Å²) in [5.74, 6) is 1.03. The Balaban J connectivity index is 2.18. The molecule has 0 aromatic rings. The number of hydrogen-bond donors (Lipinski definition) is 0. The monoisotopic (exact) mass is 139 g/mol. The highest BCUT2D eigenvalue weighted by Gasteiger charge is 2.41. The summed E-state index contributed by atoms with van der Waals surface area (Å²) in [6, 6.07) is 0. The van der Waals surface area contributed by atoms with E-state index in [2.05, 4.69) is 18.9 Å². The van der Waals surface area contributed by atoms with Crippen LogP contribution in [-0.4, -0.2) is 24.0 Å². The molecular formula is C9H17N. The molecule has 0 spiro atoms. The number of rotatable bonds is 0. The van der Waals surface area contributed by atoms with E-state index >= 15 is 0 Å². The molecule has 1 nitrogen and oxygen atoms in total. The molecule has 1 saturated carbocycles. The maximum absolute atomic E-state index is 2.56. The predicted molar refractivity (Wildman–Crippen MR) is 43.0 cm³/mol. The Labute approximate surface area is 63.4 Å². The second-order valence-corrected chi connectivity index (χ2v) is 4.34. The van der Waals surface area contributed by atoms with Crippen molar-refractivity contribution in [2.75, 3.05) is 13.6 Å². The Bertz CT molecular complexity index is 144. The Morgan fingerprint density at radius 1 is 1.50 bits per heavy atom. The van der Waals surface area contributed by atoms with Crippen molar-refractivity contribution in [1.29, 1.82) is 0 Å². The summed E-state index contributed by atoms with van der Waals surface area (Å²) < 4.78 is 0. The lowest BCUT2D eigenvalue weighted by Crippen LogP contribution is -2.37. The van der Waals surface area contributed by atoms with E-state index in [1.807, 2.05) is 0 Å². The molecule has 1 heterocycles. The zero-order valence-corrected chi connectivity index (χ0v) is 7.06. The minimum atomic E-state index is 0.586. The van der Waals surface area contributed by atoms with E-state index in [1.54, 1.807) is 0 Å². The van der Waals surface area contributed by atoms with Gasteiger partial charge in [-0.2, -0.15) is 0 Å². The van der Waals surface area contributed by atoms with Crippen LogP contribution in [0.4, 0.5) is 0 Å². The van der Waals surface area contributed by atoms with Gasteiger partial charge < -0.3 is 4.90 Å². The lowest BCUT2D eigenvalue weighted by atomic mass is 9.81. The quantitative estimate of drug-likeness (QED) is 0.495. The smallest absolute Gasteiger partial charge is 0.0181 e. The molecule has 0 amide bonds. The maximum Gasteiger partial charge on any atom is 0.0181 e. The van der Waals surface area contributed by atoms with Gasteiger partial charge in [-0.3, -0.25) is 0 Å². The van der Waals surface area contributed by atoms with Crippen LogP contribution in [-0.2, 0) is 0 Å². The van der Waals surface area contributed by atoms with E-state index in [1.165, 1.54) is 32.2 Å². The molecule has 0 N–H and O–H groups in total. The minimum absolute atomic E-state index is 0.586. The Hall–Kier alpha value is -0.0400. The van der Waals surface area contributed by atoms with Crippen molar-refractivity contribution < 1.29 is 0 Å². The summed E-state index contributed by atoms with van der Waals surface area (Å²) in [4.78, 5) is 2.56. The lowest BCUT2D eigenvalue weighted by molar-refractivity contribution is 0.175. The van der Waals surface area contributed by atoms with Crippen LogP contribution in [0.3, 0.4) is 0 Å². The van der Waals surface area contributed by atoms with Crippen LogP contribution in [0.15, 0.2) is 0 Å². The fourth-order valence-electron chi connectivity index (χ4n) is 2.71. The van der Waals surface area contributed by atoms with Crippen LogP contribution in [0.2, 0.25) is 0 Å². The van der Waals surface area contributed by atoms with Crippen molar-refractivity contribution >= 4 is 0 Å². The average Bonchev–Trinajstić information content (AvgIpc) is 2.04. The lowest BCUT2D eigenvalue weighted by Gasteiger charge is -2.33. The van der Waals surface area contributed by atoms with Crippen LogP contribution < -0.4 is 0 Å². The standard InChI is InChI=1S/C9H17N/c1-9-5-3-4-8(6-9)7-10(9)2/h8H,3-7H2,1-2H3/t8-,9+/m0/s1. The van der Waals surface area contributed by atoms with Gasteiger partial charge in [0, 0.05) is 12.1 Å². The SMILES string of the molecule is CN1C[C@H]2CCC[C@]1(C)C2. The molecule has 1 saturated heterocycles. The molecule has 2 aliphatic rings. The van der Waals surface area contributed by atoms with Gasteiger partial charge >= 0.3 is 0 Å². The molecule has 0 radical (unpaired) electrons. The van der Waals surface area contributed by atoms with E-state index in [9.17, 15) is 0 Å². The third-order valence-corrected chi connectivity index (χ3v) is 3.51. The second kappa shape index (κ2) is 1.97. The van der Waals surface area contributed by atoms with Gasteiger partial charge in [0.15, 0.2) is 0 Å². The first-order valence-electron chi connectivity index (χ1n) is 4.42. The summed E-state index contributed by atoms with van der Waals surface area (Å²) in [6.45, 7) is 3.78. The largest absolute Gasteiger partial charge is 0.301 e. The minimum Gasteiger partial charge on any atom is -0.301 e. The number of fused-ring (bicyclic) bond motifs is 2. The first-order chi connectivity index (χ1) is 4.71. The third-order valence-electron chi connectivity index (χ3n) is 3.51. The molecule has 10 heavy (non-hydrogen) atoms. The maximum atomic E-state index is 2.56. The molecule has 0 aromatic heterocycles. The van der Waals surface area contributed by atoms with Gasteiger partial charge in [-0.05, 0) is 39.2 Å². The topological polar surface area (TPSA) is 3.24 Å². The van der Waals surface area contributed by atoms with Crippen LogP contribution in [0.5, 0.6) is 0 Å². The molecule has 1 aliphatic heterocycles. The number of nitrogens with zero attached hydrogens (tertiary/aromatic N) is 1. The third kappa shape index (κ3) is 0.800. The van der Waals surface area contributed by atoms with Crippen LogP contribution in [0, 0.1) is 5.92 Å². The van der Waals surface area contributed by atoms with Crippen molar-refractivity contribution in [1.82, 2.24) is 4.90 Å². The van der Waals surface area contributed by atoms with Crippen molar-refractivity contribution in [2.24, 2.45) is 5.92 Å². The molecule has 2 bridgehead atoms. The zero-order chi connectivity index (χ0) is 7.19. The Morgan fingerprint density at radius 2 is 2.30 bits per heavy atom. The van der Waals surface area contributed by atoms with Crippen molar-refractivity contribution in [3.05, 3.63) is 0 Å². The molecule has 58 valence electrons. The fourth-order valence-corrected chi connectivity index (χ4v) is 2.71. The highest BCUT2D eigenvalue weighted by Crippen LogP contribution is 2.42. The molecule has 1 heteroatoms. The summed E-state index contributed by atoms with van der Waals surface area (Å²) in [7, 11) is 2.28. The van der Waals surface area contributed by atoms with Crippen LogP contribution in [0.25, 0.3) is 0 Å². The highest BCUT2D eigenvalue weighted by atomic mass is 15.2. The Kier molecular flexibility index (Phi) is 1.31. The molecule has 2 rings (SSSR count). The molecule has 2 atom stereocenters. The normalized spacial score (nSPS) is 48.0. The molecular weight excluding hydrogens is 122 g/mol. The Morgan fingerprint density at radius 3 is 2.90 bits per heavy atom. The average molecular weight is 139 g/mol. The van der Waals surface area contributed by atoms with E-state index in [0.29, 0.717) is 5.54 Å². The summed E-state index contributed by atoms with van der Waals surface area (Å²) in [5, 5.41) is 0. The van der Waals surface area contributed by atoms with Gasteiger partial charge in [0.2, 0.25) is 0 Å². The summed E-state index contributed by atoms with van der Waals surface area (Å²) >= 11 is 0. The van der Waals surface area contributed by atoms with Crippen molar-refractivity contribution in [3.8, 4) is 0 Å². The van der Waals surface area contributed by atoms with Gasteiger partial charge in [-0.1, -0.05) is 6.42 Å². The van der Waals surface area contributed by atoms with Gasteiger partial charge in [0.05, 0.1) is 0 Å². The number of hydrogen-bond acceptors (Lipinski definition) is 1. The van der Waals surface area contributed by atoms with Crippen molar-refractivity contribution in [2.45, 2.75) is 38.1 Å². The molecule has 0 aromatic carbocycles. The first-order valence-corrected chi connectivity index (χ1v) is 4.42. The molecule has 0 unspecified atom stereocenters. The molecule has 2 fully saturated rings. The van der Waals surface area contributed by atoms with Gasteiger partial charge in [-0.15, -0.1) is 0 Å². The summed E-state index contributed by atoms with van der Waals surface area (Å²) in [6.07, 6.45) is 5.84. The van der Waals surface area contributed by atoms with Crippen LogP contribution >= 0.6 is 0 Å². The predicted octanol–water partition coefficient (Wildman–Crippen LogP) is 1.88. The van der Waals surface area contributed by atoms with Gasteiger partial charge in [-0.25, -0.2) is 0 Å². The fraction of sp³-hybridized carbons (Fsp3) is 1.00. The molecule has 1 aliphatic carbocycles. The van der Waals surface area contributed by atoms with Crippen molar-refractivity contribution in [3.63, 3.8) is 0 Å². The highest BCUT2D eigenvalue weighted by molar-refractivity contribution is 4.97. The van der Waals surface area contributed by atoms with E-state index < -0.39 is 0 Å². The van der Waals surface area contributed by atoms with Gasteiger partial charge in [0.1, 0.15) is 0 Å². The van der Waals surface area contributed by atoms with Gasteiger partial charge in [0.25, 0.3) is 0 Å². The first kappa shape index (κ1) is 6.66. The van der Waals surface area contributed by atoms with E-state index in [4.69, 9.17) is 0 Å². The zero-order valence-electron chi connectivity index (χ0n) is 7.06. The summed E-state index contributed by atoms with van der Waals surface area (Å²) in [5.41, 5.74) is 0.586. The van der Waals surface area contributed by atoms with E-state index in [-0.39, 0.29) is 0 Å².